The number of rotatable bonds is 7. The number of hydrogen-bond acceptors (Lipinski definition) is 4. The summed E-state index contributed by atoms with van der Waals surface area (Å²) in [4.78, 5) is 4.67. The van der Waals surface area contributed by atoms with Gasteiger partial charge in [-0.2, -0.15) is 5.10 Å². The van der Waals surface area contributed by atoms with Crippen LogP contribution in [0.4, 0.5) is 5.13 Å². The Morgan fingerprint density at radius 2 is 1.96 bits per heavy atom. The van der Waals surface area contributed by atoms with Gasteiger partial charge in [-0.05, 0) is 36.1 Å². The molecule has 1 N–H and O–H groups in total. The molecule has 0 fully saturated rings. The van der Waals surface area contributed by atoms with Crippen molar-refractivity contribution in [1.82, 2.24) is 4.98 Å². The van der Waals surface area contributed by atoms with Crippen LogP contribution in [-0.2, 0) is 0 Å². The molecule has 0 atom stereocenters. The van der Waals surface area contributed by atoms with Crippen molar-refractivity contribution in [2.45, 2.75) is 39.5 Å². The van der Waals surface area contributed by atoms with Crippen LogP contribution < -0.4 is 5.43 Å². The van der Waals surface area contributed by atoms with Crippen molar-refractivity contribution in [3.63, 3.8) is 0 Å². The van der Waals surface area contributed by atoms with Gasteiger partial charge in [-0.25, -0.2) is 4.98 Å². The van der Waals surface area contributed by atoms with E-state index in [0.717, 1.165) is 29.2 Å². The monoisotopic (exact) mass is 337 g/mol. The molecule has 4 heteroatoms. The Morgan fingerprint density at radius 3 is 2.75 bits per heavy atom. The zero-order valence-corrected chi connectivity index (χ0v) is 15.1. The molecule has 0 amide bonds. The van der Waals surface area contributed by atoms with Gasteiger partial charge in [0.05, 0.1) is 5.69 Å². The maximum atomic E-state index is 4.67. The maximum absolute atomic E-state index is 4.67. The van der Waals surface area contributed by atoms with Gasteiger partial charge in [0.25, 0.3) is 0 Å². The molecule has 2 aromatic carbocycles. The van der Waals surface area contributed by atoms with E-state index in [2.05, 4.69) is 77.2 Å². The molecule has 0 unspecified atom stereocenters. The molecule has 0 radical (unpaired) electrons. The van der Waals surface area contributed by atoms with Crippen molar-refractivity contribution in [3.05, 3.63) is 47.8 Å². The van der Waals surface area contributed by atoms with Gasteiger partial charge in [0.1, 0.15) is 0 Å². The molecule has 3 nitrogen and oxygen atoms in total. The van der Waals surface area contributed by atoms with Gasteiger partial charge in [-0.3, -0.25) is 5.43 Å². The van der Waals surface area contributed by atoms with Crippen LogP contribution in [0.15, 0.2) is 52.9 Å². The van der Waals surface area contributed by atoms with Crippen molar-refractivity contribution in [2.75, 3.05) is 5.43 Å². The largest absolute Gasteiger partial charge is 0.253 e. The number of hydrazone groups is 1. The lowest BCUT2D eigenvalue weighted by Gasteiger charge is -2.03. The van der Waals surface area contributed by atoms with E-state index < -0.39 is 0 Å². The highest BCUT2D eigenvalue weighted by atomic mass is 32.1. The Balaban J connectivity index is 1.75. The smallest absolute Gasteiger partial charge is 0.203 e. The summed E-state index contributed by atoms with van der Waals surface area (Å²) in [5, 5.41) is 9.94. The summed E-state index contributed by atoms with van der Waals surface area (Å²) in [6.45, 7) is 4.36. The van der Waals surface area contributed by atoms with Gasteiger partial charge in [0.15, 0.2) is 0 Å². The summed E-state index contributed by atoms with van der Waals surface area (Å²) in [5.41, 5.74) is 6.47. The molecule has 1 aromatic heterocycles. The fourth-order valence-corrected chi connectivity index (χ4v) is 3.29. The lowest BCUT2D eigenvalue weighted by molar-refractivity contribution is 0.824. The van der Waals surface area contributed by atoms with E-state index >= 15 is 0 Å². The second kappa shape index (κ2) is 8.06. The molecule has 124 valence electrons. The molecule has 0 aliphatic rings. The van der Waals surface area contributed by atoms with E-state index in [4.69, 9.17) is 0 Å². The molecule has 0 saturated carbocycles. The SMILES string of the molecule is CCCC/C(CC)=N\Nc1nc(-c2ccc3ccccc3c2)cs1. The van der Waals surface area contributed by atoms with Crippen LogP contribution in [0.3, 0.4) is 0 Å². The van der Waals surface area contributed by atoms with Crippen molar-refractivity contribution >= 4 is 33.0 Å². The fraction of sp³-hybridized carbons (Fsp3) is 0.300. The van der Waals surface area contributed by atoms with Crippen molar-refractivity contribution in [2.24, 2.45) is 5.10 Å². The van der Waals surface area contributed by atoms with E-state index in [1.165, 1.54) is 29.3 Å². The molecule has 3 aromatic rings. The Bertz CT molecular complexity index is 836. The molecule has 0 saturated heterocycles. The fourth-order valence-electron chi connectivity index (χ4n) is 2.63. The van der Waals surface area contributed by atoms with Crippen molar-refractivity contribution in [3.8, 4) is 11.3 Å². The summed E-state index contributed by atoms with van der Waals surface area (Å²) in [6.07, 6.45) is 4.43. The molecule has 3 rings (SSSR count). The van der Waals surface area contributed by atoms with Crippen LogP contribution >= 0.6 is 11.3 Å². The van der Waals surface area contributed by atoms with Gasteiger partial charge < -0.3 is 0 Å². The molecule has 24 heavy (non-hydrogen) atoms. The summed E-state index contributed by atoms with van der Waals surface area (Å²) in [6, 6.07) is 14.9. The number of hydrogen-bond donors (Lipinski definition) is 1. The minimum absolute atomic E-state index is 0.848. The molecular formula is C20H23N3S. The van der Waals surface area contributed by atoms with Crippen LogP contribution in [0, 0.1) is 0 Å². The van der Waals surface area contributed by atoms with Gasteiger partial charge >= 0.3 is 0 Å². The number of unbranched alkanes of at least 4 members (excludes halogenated alkanes) is 1. The first-order valence-electron chi connectivity index (χ1n) is 8.56. The minimum atomic E-state index is 0.848. The molecule has 0 bridgehead atoms. The standard InChI is InChI=1S/C20H23N3S/c1-3-5-10-18(4-2)22-23-20-21-19(14-24-20)17-12-11-15-8-6-7-9-16(15)13-17/h6-9,11-14H,3-5,10H2,1-2H3,(H,21,23)/b22-18-. The van der Waals surface area contributed by atoms with Crippen LogP contribution in [-0.4, -0.2) is 10.7 Å². The molecular weight excluding hydrogens is 314 g/mol. The number of thiazole rings is 1. The van der Waals surface area contributed by atoms with Crippen molar-refractivity contribution < 1.29 is 0 Å². The number of benzene rings is 2. The first-order valence-corrected chi connectivity index (χ1v) is 9.44. The lowest BCUT2D eigenvalue weighted by atomic mass is 10.1. The number of anilines is 1. The van der Waals surface area contributed by atoms with Gasteiger partial charge in [0, 0.05) is 16.7 Å². The van der Waals surface area contributed by atoms with Crippen LogP contribution in [0.1, 0.15) is 39.5 Å². The van der Waals surface area contributed by atoms with E-state index in [1.807, 2.05) is 0 Å². The summed E-state index contributed by atoms with van der Waals surface area (Å²) >= 11 is 1.60. The maximum Gasteiger partial charge on any atom is 0.203 e. The molecule has 0 aliphatic heterocycles. The van der Waals surface area contributed by atoms with Crippen LogP contribution in [0.5, 0.6) is 0 Å². The highest BCUT2D eigenvalue weighted by Gasteiger charge is 2.05. The summed E-state index contributed by atoms with van der Waals surface area (Å²) < 4.78 is 0. The summed E-state index contributed by atoms with van der Waals surface area (Å²) in [7, 11) is 0. The quantitative estimate of drug-likeness (QED) is 0.404. The third-order valence-corrected chi connectivity index (χ3v) is 4.83. The molecule has 0 aliphatic carbocycles. The predicted octanol–water partition coefficient (Wildman–Crippen LogP) is 6.33. The number of nitrogens with one attached hydrogen (secondary N) is 1. The molecule has 1 heterocycles. The third-order valence-electron chi connectivity index (χ3n) is 4.09. The average molecular weight is 337 g/mol. The van der Waals surface area contributed by atoms with Crippen LogP contribution in [0.2, 0.25) is 0 Å². The van der Waals surface area contributed by atoms with E-state index in [9.17, 15) is 0 Å². The highest BCUT2D eigenvalue weighted by molar-refractivity contribution is 7.14. The normalized spacial score (nSPS) is 11.8. The van der Waals surface area contributed by atoms with Gasteiger partial charge in [-0.15, -0.1) is 11.3 Å². The van der Waals surface area contributed by atoms with Crippen LogP contribution in [0.25, 0.3) is 22.0 Å². The lowest BCUT2D eigenvalue weighted by Crippen LogP contribution is -2.00. The number of fused-ring (bicyclic) bond motifs is 1. The Kier molecular flexibility index (Phi) is 5.59. The zero-order chi connectivity index (χ0) is 16.8. The second-order valence-corrected chi connectivity index (χ2v) is 6.70. The van der Waals surface area contributed by atoms with Crippen molar-refractivity contribution in [1.29, 1.82) is 0 Å². The number of nitrogens with zero attached hydrogens (tertiary/aromatic N) is 2. The second-order valence-electron chi connectivity index (χ2n) is 5.85. The van der Waals surface area contributed by atoms with E-state index in [0.29, 0.717) is 0 Å². The first-order chi connectivity index (χ1) is 11.8. The Hall–Kier alpha value is -2.20. The Morgan fingerprint density at radius 1 is 1.12 bits per heavy atom. The highest BCUT2D eigenvalue weighted by Crippen LogP contribution is 2.27. The van der Waals surface area contributed by atoms with E-state index in [1.54, 1.807) is 11.3 Å². The van der Waals surface area contributed by atoms with Gasteiger partial charge in [0.2, 0.25) is 5.13 Å². The zero-order valence-electron chi connectivity index (χ0n) is 14.2. The van der Waals surface area contributed by atoms with E-state index in [-0.39, 0.29) is 0 Å². The first kappa shape index (κ1) is 16.7. The summed E-state index contributed by atoms with van der Waals surface area (Å²) in [5.74, 6) is 0. The topological polar surface area (TPSA) is 37.3 Å². The third kappa shape index (κ3) is 4.01. The predicted molar refractivity (Wildman–Crippen MR) is 106 cm³/mol. The molecule has 0 spiro atoms. The average Bonchev–Trinajstić information content (AvgIpc) is 3.10. The number of aromatic nitrogens is 1. The Labute approximate surface area is 147 Å². The minimum Gasteiger partial charge on any atom is -0.253 e. The van der Waals surface area contributed by atoms with Gasteiger partial charge in [-0.1, -0.05) is 56.7 Å².